The Morgan fingerprint density at radius 2 is 1.79 bits per heavy atom. The smallest absolute Gasteiger partial charge is 0.267 e. The van der Waals surface area contributed by atoms with E-state index >= 15 is 0 Å². The largest absolute Gasteiger partial charge is 0.507 e. The number of aromatic hydroxyl groups is 1. The first kappa shape index (κ1) is 17.9. The number of para-hydroxylation sites is 2. The molecule has 0 unspecified atom stereocenters. The monoisotopic (exact) mass is 434 g/mol. The molecule has 0 aliphatic carbocycles. The van der Waals surface area contributed by atoms with E-state index in [2.05, 4.69) is 31.4 Å². The molecule has 1 aromatic heterocycles. The number of benzene rings is 3. The van der Waals surface area contributed by atoms with Crippen LogP contribution in [0.2, 0.25) is 0 Å². The molecule has 28 heavy (non-hydrogen) atoms. The van der Waals surface area contributed by atoms with Gasteiger partial charge in [0, 0.05) is 10.0 Å². The molecule has 0 amide bonds. The molecule has 0 aliphatic rings. The lowest BCUT2D eigenvalue weighted by atomic mass is 10.2. The Bertz CT molecular complexity index is 1240. The first-order chi connectivity index (χ1) is 13.6. The quantitative estimate of drug-likeness (QED) is 0.370. The minimum atomic E-state index is -0.195. The molecule has 0 radical (unpaired) electrons. The van der Waals surface area contributed by atoms with Crippen molar-refractivity contribution in [3.8, 4) is 11.4 Å². The fourth-order valence-electron chi connectivity index (χ4n) is 2.81. The summed E-state index contributed by atoms with van der Waals surface area (Å²) in [6.45, 7) is 0. The second kappa shape index (κ2) is 7.66. The molecule has 2 N–H and O–H groups in total. The molecule has 0 saturated heterocycles. The van der Waals surface area contributed by atoms with E-state index < -0.39 is 0 Å². The van der Waals surface area contributed by atoms with Crippen LogP contribution in [0.15, 0.2) is 87.2 Å². The van der Waals surface area contributed by atoms with E-state index in [1.54, 1.807) is 30.3 Å². The molecule has 1 heterocycles. The van der Waals surface area contributed by atoms with Gasteiger partial charge in [-0.05, 0) is 42.5 Å². The number of hydrazone groups is 1. The predicted octanol–water partition coefficient (Wildman–Crippen LogP) is 4.30. The van der Waals surface area contributed by atoms with Crippen LogP contribution in [0.25, 0.3) is 16.6 Å². The van der Waals surface area contributed by atoms with Gasteiger partial charge in [-0.25, -0.2) is 15.0 Å². The number of anilines is 1. The van der Waals surface area contributed by atoms with E-state index in [9.17, 15) is 9.90 Å². The second-order valence-corrected chi connectivity index (χ2v) is 6.92. The van der Waals surface area contributed by atoms with Gasteiger partial charge in [0.15, 0.2) is 0 Å². The topological polar surface area (TPSA) is 79.5 Å². The number of hydrogen-bond donors (Lipinski definition) is 2. The summed E-state index contributed by atoms with van der Waals surface area (Å²) in [7, 11) is 0. The summed E-state index contributed by atoms with van der Waals surface area (Å²) < 4.78 is 2.29. The Morgan fingerprint density at radius 3 is 2.61 bits per heavy atom. The Kier molecular flexibility index (Phi) is 4.90. The second-order valence-electron chi connectivity index (χ2n) is 6.00. The van der Waals surface area contributed by atoms with E-state index in [-0.39, 0.29) is 17.3 Å². The highest BCUT2D eigenvalue weighted by atomic mass is 79.9. The third-order valence-electron chi connectivity index (χ3n) is 4.15. The van der Waals surface area contributed by atoms with Crippen molar-refractivity contribution < 1.29 is 5.11 Å². The van der Waals surface area contributed by atoms with Gasteiger partial charge in [0.25, 0.3) is 5.56 Å². The molecule has 3 aromatic carbocycles. The molecule has 0 spiro atoms. The third-order valence-corrected chi connectivity index (χ3v) is 4.64. The van der Waals surface area contributed by atoms with Crippen LogP contribution in [0.5, 0.6) is 5.75 Å². The molecule has 0 atom stereocenters. The van der Waals surface area contributed by atoms with E-state index in [1.165, 1.54) is 10.8 Å². The zero-order chi connectivity index (χ0) is 19.5. The summed E-state index contributed by atoms with van der Waals surface area (Å²) in [5.74, 6) is 0.376. The van der Waals surface area contributed by atoms with Gasteiger partial charge in [-0.3, -0.25) is 4.79 Å². The van der Waals surface area contributed by atoms with E-state index in [1.807, 2.05) is 42.5 Å². The van der Waals surface area contributed by atoms with Crippen molar-refractivity contribution in [2.45, 2.75) is 0 Å². The van der Waals surface area contributed by atoms with Crippen LogP contribution in [0.4, 0.5) is 5.95 Å². The average molecular weight is 435 g/mol. The predicted molar refractivity (Wildman–Crippen MR) is 114 cm³/mol. The van der Waals surface area contributed by atoms with Crippen molar-refractivity contribution in [1.29, 1.82) is 0 Å². The maximum atomic E-state index is 13.1. The fraction of sp³-hybridized carbons (Fsp3) is 0. The van der Waals surface area contributed by atoms with Crippen LogP contribution in [0, 0.1) is 0 Å². The molecule has 0 bridgehead atoms. The maximum absolute atomic E-state index is 13.1. The lowest BCUT2D eigenvalue weighted by Gasteiger charge is -2.12. The molecule has 0 aliphatic heterocycles. The molecule has 7 heteroatoms. The Labute approximate surface area is 168 Å². The van der Waals surface area contributed by atoms with Gasteiger partial charge in [-0.2, -0.15) is 5.10 Å². The summed E-state index contributed by atoms with van der Waals surface area (Å²) in [5, 5.41) is 14.6. The maximum Gasteiger partial charge on any atom is 0.267 e. The van der Waals surface area contributed by atoms with Crippen molar-refractivity contribution in [1.82, 2.24) is 9.55 Å². The average Bonchev–Trinajstić information content (AvgIpc) is 2.71. The summed E-state index contributed by atoms with van der Waals surface area (Å²) in [4.78, 5) is 17.6. The first-order valence-electron chi connectivity index (χ1n) is 8.48. The van der Waals surface area contributed by atoms with Crippen LogP contribution in [-0.2, 0) is 0 Å². The molecule has 6 nitrogen and oxygen atoms in total. The van der Waals surface area contributed by atoms with Crippen LogP contribution in [0.1, 0.15) is 5.56 Å². The van der Waals surface area contributed by atoms with Gasteiger partial charge in [0.05, 0.1) is 22.8 Å². The molecule has 4 rings (SSSR count). The van der Waals surface area contributed by atoms with Gasteiger partial charge >= 0.3 is 0 Å². The number of fused-ring (bicyclic) bond motifs is 1. The van der Waals surface area contributed by atoms with Crippen molar-refractivity contribution in [2.24, 2.45) is 5.10 Å². The number of hydrogen-bond acceptors (Lipinski definition) is 5. The SMILES string of the molecule is O=c1c2ccccc2nc(NN=Cc2cc(Br)ccc2O)n1-c1ccccc1. The molecular weight excluding hydrogens is 420 g/mol. The van der Waals surface area contributed by atoms with Crippen LogP contribution in [-0.4, -0.2) is 20.9 Å². The molecule has 0 fully saturated rings. The molecule has 4 aromatic rings. The molecule has 0 saturated carbocycles. The fourth-order valence-corrected chi connectivity index (χ4v) is 3.19. The van der Waals surface area contributed by atoms with Crippen LogP contribution in [0.3, 0.4) is 0 Å². The van der Waals surface area contributed by atoms with Crippen LogP contribution < -0.4 is 11.0 Å². The highest BCUT2D eigenvalue weighted by Gasteiger charge is 2.12. The lowest BCUT2D eigenvalue weighted by molar-refractivity contribution is 0.474. The third kappa shape index (κ3) is 3.52. The van der Waals surface area contributed by atoms with Crippen molar-refractivity contribution in [2.75, 3.05) is 5.43 Å². The summed E-state index contributed by atoms with van der Waals surface area (Å²) in [6, 6.07) is 21.4. The number of phenolic OH excluding ortho intramolecular Hbond substituents is 1. The minimum Gasteiger partial charge on any atom is -0.507 e. The zero-order valence-corrected chi connectivity index (χ0v) is 16.2. The van der Waals surface area contributed by atoms with E-state index in [4.69, 9.17) is 0 Å². The normalized spacial score (nSPS) is 11.2. The highest BCUT2D eigenvalue weighted by molar-refractivity contribution is 9.10. The molecular formula is C21H15BrN4O2. The number of phenols is 1. The Hall–Kier alpha value is -3.45. The van der Waals surface area contributed by atoms with Gasteiger partial charge in [-0.1, -0.05) is 46.3 Å². The van der Waals surface area contributed by atoms with Gasteiger partial charge in [-0.15, -0.1) is 0 Å². The number of nitrogens with one attached hydrogen (secondary N) is 1. The van der Waals surface area contributed by atoms with Crippen LogP contribution >= 0.6 is 15.9 Å². The number of nitrogens with zero attached hydrogens (tertiary/aromatic N) is 3. The van der Waals surface area contributed by atoms with Gasteiger partial charge in [0.1, 0.15) is 5.75 Å². The summed E-state index contributed by atoms with van der Waals surface area (Å²) in [5.41, 5.74) is 4.41. The van der Waals surface area contributed by atoms with E-state index in [0.29, 0.717) is 22.2 Å². The summed E-state index contributed by atoms with van der Waals surface area (Å²) >= 11 is 3.36. The summed E-state index contributed by atoms with van der Waals surface area (Å²) in [6.07, 6.45) is 1.47. The van der Waals surface area contributed by atoms with Gasteiger partial charge < -0.3 is 5.11 Å². The Morgan fingerprint density at radius 1 is 1.04 bits per heavy atom. The highest BCUT2D eigenvalue weighted by Crippen LogP contribution is 2.20. The number of halogens is 1. The lowest BCUT2D eigenvalue weighted by Crippen LogP contribution is -2.22. The number of rotatable bonds is 4. The standard InChI is InChI=1S/C21H15BrN4O2/c22-15-10-11-19(27)14(12-15)13-23-25-21-24-18-9-5-4-8-17(18)20(28)26(21)16-6-2-1-3-7-16/h1-13,27H,(H,24,25). The number of aromatic nitrogens is 2. The van der Waals surface area contributed by atoms with Crippen molar-refractivity contribution in [3.63, 3.8) is 0 Å². The first-order valence-corrected chi connectivity index (χ1v) is 9.27. The van der Waals surface area contributed by atoms with Crippen molar-refractivity contribution in [3.05, 3.63) is 93.2 Å². The Balaban J connectivity index is 1.80. The zero-order valence-electron chi connectivity index (χ0n) is 14.6. The van der Waals surface area contributed by atoms with E-state index in [0.717, 1.165) is 4.47 Å². The minimum absolute atomic E-state index is 0.0978. The van der Waals surface area contributed by atoms with Crippen molar-refractivity contribution >= 4 is 39.0 Å². The van der Waals surface area contributed by atoms with Gasteiger partial charge in [0.2, 0.25) is 5.95 Å². The molecule has 138 valence electrons.